The standard InChI is InChI=1S/C52H68N3O12PS3/c1-8-34-21-40-12-11-38-25-47(46(64-7)28-43(38)50(57)54(40)29-34)67-32-37-20-36(22-41(23-37)65-15-10-18-69-70-52(4,5)14-17-68(59,60)16-13-49(56)53-6)31-66-45-26-39-27-48(71(61,62)63)44-24-35(9-2)30-55(44)51(58)42(39)19-33(45)3/h8-9,19-20,22-23,25-26,28,40,44,48H,10-18,21,24,27,29-32H2,1-7H3,(H,53,56)(H,59,60)(H,61,62,63)/b34-8+,35-9+/t40-,44+,48?/m1/s1. The Kier molecular flexibility index (Phi) is 17.7. The number of allylic oxidation sites excluding steroid dienone is 2. The average Bonchev–Trinajstić information content (AvgIpc) is 3.92. The molecule has 2 unspecified atom stereocenters. The molecule has 0 radical (unpaired) electrons. The smallest absolute Gasteiger partial charge is 0.270 e. The summed E-state index contributed by atoms with van der Waals surface area (Å²) in [6.45, 7) is 11.4. The third kappa shape index (κ3) is 13.6. The molecule has 19 heteroatoms. The van der Waals surface area contributed by atoms with Crippen molar-refractivity contribution in [1.82, 2.24) is 15.1 Å². The Hall–Kier alpha value is -4.45. The number of nitrogens with zero attached hydrogens (tertiary/aromatic N) is 2. The Morgan fingerprint density at radius 2 is 1.52 bits per heavy atom. The van der Waals surface area contributed by atoms with Crippen molar-refractivity contribution in [3.8, 4) is 23.0 Å². The van der Waals surface area contributed by atoms with Crippen LogP contribution >= 0.6 is 29.0 Å². The molecule has 3 aromatic rings. The fourth-order valence-electron chi connectivity index (χ4n) is 9.70. The van der Waals surface area contributed by atoms with Crippen LogP contribution in [0.15, 0.2) is 65.8 Å². The van der Waals surface area contributed by atoms with E-state index in [-0.39, 0.29) is 66.9 Å². The molecule has 0 saturated carbocycles. The van der Waals surface area contributed by atoms with E-state index in [1.807, 2.05) is 69.9 Å². The van der Waals surface area contributed by atoms with Gasteiger partial charge in [-0.2, -0.15) is 8.42 Å². The fourth-order valence-corrected chi connectivity index (χ4v) is 15.2. The van der Waals surface area contributed by atoms with E-state index >= 15 is 0 Å². The normalized spacial score (nSPS) is 20.9. The molecule has 2 fully saturated rings. The number of amides is 3. The Balaban J connectivity index is 1.06. The molecule has 3 amide bonds. The second-order valence-corrected chi connectivity index (χ2v) is 26.9. The first-order valence-electron chi connectivity index (χ1n) is 24.3. The molecule has 4 aliphatic heterocycles. The van der Waals surface area contributed by atoms with Gasteiger partial charge in [-0.3, -0.25) is 23.5 Å². The molecular weight excluding hydrogens is 986 g/mol. The number of carbonyl (C=O) groups is 3. The molecule has 0 spiro atoms. The first-order valence-corrected chi connectivity index (χ1v) is 30.1. The van der Waals surface area contributed by atoms with E-state index in [4.69, 9.17) is 18.9 Å². The van der Waals surface area contributed by atoms with E-state index in [9.17, 15) is 36.8 Å². The third-order valence-corrected chi connectivity index (χ3v) is 20.4. The van der Waals surface area contributed by atoms with Gasteiger partial charge in [-0.25, -0.2) is 0 Å². The van der Waals surface area contributed by atoms with Crippen molar-refractivity contribution >= 4 is 56.8 Å². The molecule has 3 aromatic carbocycles. The van der Waals surface area contributed by atoms with Crippen LogP contribution in [0, 0.1) is 6.92 Å². The molecule has 4 heterocycles. The zero-order valence-electron chi connectivity index (χ0n) is 41.8. The van der Waals surface area contributed by atoms with Gasteiger partial charge in [0.2, 0.25) is 13.3 Å². The number of carbonyl (C=O) groups excluding carboxylic acids is 3. The fraction of sp³-hybridized carbons (Fsp3) is 0.519. The Labute approximate surface area is 426 Å². The first kappa shape index (κ1) is 54.3. The zero-order chi connectivity index (χ0) is 51.3. The molecule has 2 saturated heterocycles. The summed E-state index contributed by atoms with van der Waals surface area (Å²) in [4.78, 5) is 53.3. The predicted molar refractivity (Wildman–Crippen MR) is 280 cm³/mol. The quantitative estimate of drug-likeness (QED) is 0.0300. The number of nitrogens with one attached hydrogen (secondary N) is 1. The maximum absolute atomic E-state index is 13.9. The van der Waals surface area contributed by atoms with Gasteiger partial charge < -0.3 is 39.0 Å². The van der Waals surface area contributed by atoms with Crippen LogP contribution < -0.4 is 24.3 Å². The number of hydrogen-bond acceptors (Lipinski definition) is 12. The lowest BCUT2D eigenvalue weighted by Crippen LogP contribution is -2.44. The number of aryl methyl sites for hydroxylation is 2. The predicted octanol–water partition coefficient (Wildman–Crippen LogP) is 8.97. The third-order valence-electron chi connectivity index (χ3n) is 13.9. The van der Waals surface area contributed by atoms with Crippen molar-refractivity contribution in [1.29, 1.82) is 0 Å². The zero-order valence-corrected chi connectivity index (χ0v) is 45.1. The largest absolute Gasteiger partial charge is 0.494 e. The monoisotopic (exact) mass is 1050 g/mol. The molecule has 0 bridgehead atoms. The van der Waals surface area contributed by atoms with Gasteiger partial charge in [-0.15, -0.1) is 0 Å². The molecular formula is C52H68N3O12PS3. The molecule has 4 atom stereocenters. The van der Waals surface area contributed by atoms with Crippen LogP contribution in [0.3, 0.4) is 0 Å². The number of benzene rings is 3. The van der Waals surface area contributed by atoms with Crippen molar-refractivity contribution in [2.75, 3.05) is 51.9 Å². The Bertz CT molecular complexity index is 2730. The molecule has 71 heavy (non-hydrogen) atoms. The van der Waals surface area contributed by atoms with E-state index in [0.717, 1.165) is 53.7 Å². The summed E-state index contributed by atoms with van der Waals surface area (Å²) in [5.74, 6) is 2.29. The summed E-state index contributed by atoms with van der Waals surface area (Å²) >= 11 is 0. The van der Waals surface area contributed by atoms with Gasteiger partial charge in [0.05, 0.1) is 19.8 Å². The van der Waals surface area contributed by atoms with Gasteiger partial charge in [-0.1, -0.05) is 44.9 Å². The Morgan fingerprint density at radius 3 is 2.20 bits per heavy atom. The highest BCUT2D eigenvalue weighted by atomic mass is 33.1. The number of ether oxygens (including phenoxy) is 4. The lowest BCUT2D eigenvalue weighted by molar-refractivity contribution is -0.120. The molecule has 0 aliphatic carbocycles. The topological polar surface area (TPSA) is 198 Å². The molecule has 15 nitrogen and oxygen atoms in total. The van der Waals surface area contributed by atoms with Crippen molar-refractivity contribution in [3.05, 3.63) is 105 Å². The summed E-state index contributed by atoms with van der Waals surface area (Å²) in [7, 11) is -1.53. The highest BCUT2D eigenvalue weighted by molar-refractivity contribution is 8.77. The summed E-state index contributed by atoms with van der Waals surface area (Å²) in [6, 6.07) is 12.4. The molecule has 0 aromatic heterocycles. The van der Waals surface area contributed by atoms with Crippen LogP contribution in [0.5, 0.6) is 23.0 Å². The maximum atomic E-state index is 13.9. The van der Waals surface area contributed by atoms with Crippen LogP contribution in [0.4, 0.5) is 0 Å². The van der Waals surface area contributed by atoms with Gasteiger partial charge >= 0.3 is 0 Å². The number of hydrogen-bond donors (Lipinski definition) is 3. The summed E-state index contributed by atoms with van der Waals surface area (Å²) < 4.78 is 73.5. The van der Waals surface area contributed by atoms with Crippen LogP contribution in [0.1, 0.15) is 115 Å². The second kappa shape index (κ2) is 23.2. The van der Waals surface area contributed by atoms with Crippen molar-refractivity contribution in [2.45, 2.75) is 121 Å². The number of fused-ring (bicyclic) bond motifs is 4. The SMILES string of the molecule is C/C=C1\C[C@H]2CCc3cc(OCc4cc(COc5cc6c(cc5C)C(=O)N5C/C(=C/C)C[C@H]5C(S(=O)(=O)O)C6)cc(OCCCSSC(C)(C)CCP(=O)(O)CCC(=O)NC)c4)c(OC)cc3C(=O)N2C1. The van der Waals surface area contributed by atoms with Crippen LogP contribution in [-0.2, 0) is 45.5 Å². The highest BCUT2D eigenvalue weighted by Crippen LogP contribution is 2.47. The van der Waals surface area contributed by atoms with Gasteiger partial charge in [0, 0.05) is 66.6 Å². The minimum atomic E-state index is -4.51. The minimum Gasteiger partial charge on any atom is -0.494 e. The average molecular weight is 1050 g/mol. The molecule has 7 rings (SSSR count). The summed E-state index contributed by atoms with van der Waals surface area (Å²) in [5.41, 5.74) is 6.91. The van der Waals surface area contributed by atoms with E-state index < -0.39 is 28.8 Å². The lowest BCUT2D eigenvalue weighted by Gasteiger charge is -2.26. The van der Waals surface area contributed by atoms with E-state index in [2.05, 4.69) is 11.4 Å². The number of rotatable bonds is 21. The molecule has 3 N–H and O–H groups in total. The van der Waals surface area contributed by atoms with E-state index in [1.54, 1.807) is 51.8 Å². The Morgan fingerprint density at radius 1 is 0.873 bits per heavy atom. The first-order chi connectivity index (χ1) is 33.7. The van der Waals surface area contributed by atoms with Crippen LogP contribution in [-0.4, -0.2) is 119 Å². The lowest BCUT2D eigenvalue weighted by atomic mass is 9.98. The highest BCUT2D eigenvalue weighted by Gasteiger charge is 2.46. The van der Waals surface area contributed by atoms with Gasteiger partial charge in [0.1, 0.15) is 30.0 Å². The number of methoxy groups -OCH3 is 1. The van der Waals surface area contributed by atoms with Crippen LogP contribution in [0.25, 0.3) is 0 Å². The molecule has 4 aliphatic rings. The van der Waals surface area contributed by atoms with Gasteiger partial charge in [-0.05, 0) is 150 Å². The van der Waals surface area contributed by atoms with Crippen molar-refractivity contribution in [2.24, 2.45) is 0 Å². The minimum absolute atomic E-state index is 0.00134. The van der Waals surface area contributed by atoms with E-state index in [0.29, 0.717) is 77.8 Å². The van der Waals surface area contributed by atoms with Crippen molar-refractivity contribution in [3.63, 3.8) is 0 Å². The van der Waals surface area contributed by atoms with Crippen molar-refractivity contribution < 1.29 is 55.8 Å². The van der Waals surface area contributed by atoms with Crippen LogP contribution in [0.2, 0.25) is 0 Å². The maximum Gasteiger partial charge on any atom is 0.270 e. The van der Waals surface area contributed by atoms with E-state index in [1.165, 1.54) is 12.6 Å². The summed E-state index contributed by atoms with van der Waals surface area (Å²) in [5, 5.41) is 1.30. The second-order valence-electron chi connectivity index (χ2n) is 19.5. The van der Waals surface area contributed by atoms with Gasteiger partial charge in [0.25, 0.3) is 21.9 Å². The summed E-state index contributed by atoms with van der Waals surface area (Å²) in [6.07, 6.45) is 8.18. The van der Waals surface area contributed by atoms with Gasteiger partial charge in [0.15, 0.2) is 11.5 Å². The molecule has 386 valence electrons.